The lowest BCUT2D eigenvalue weighted by Crippen LogP contribution is -2.56. The number of hydrogen-bond acceptors (Lipinski definition) is 10. The van der Waals surface area contributed by atoms with Gasteiger partial charge in [-0.1, -0.05) is 81.4 Å². The molecule has 0 bridgehead atoms. The standard InChI is InChI=1S/C48H54F2N8O10/c1-48(2,3)44(38-22-32(34-23-33(49)14-15-35(34)50)26-56(38)25-30-10-6-4-7-11-30)57(43(64)28-59)21-18-36(45(65)53-20-19-52-40(61)27-58-41(62)16-17-42(58)63)54-46(66)37(24-39(51)60)55-47(67)68-29-31-12-8-5-9-13-31/h4-17,22-23,26,36-37,44,59H,18-21,24-25,27-29H2,1-3H3,(H2,51,60)(H,52,61)(H,53,65)(H,54,66)(H,55,67). The van der Waals surface area contributed by atoms with E-state index in [2.05, 4.69) is 21.3 Å². The molecule has 0 spiro atoms. The third-order valence-corrected chi connectivity index (χ3v) is 10.7. The van der Waals surface area contributed by atoms with E-state index in [-0.39, 0.29) is 44.8 Å². The molecule has 0 fully saturated rings. The Labute approximate surface area is 390 Å². The molecular weight excluding hydrogens is 887 g/mol. The second-order valence-corrected chi connectivity index (χ2v) is 16.9. The molecule has 3 aromatic carbocycles. The Morgan fingerprint density at radius 3 is 2.06 bits per heavy atom. The molecule has 3 unspecified atom stereocenters. The lowest BCUT2D eigenvalue weighted by Gasteiger charge is -2.41. The number of carbonyl (C=O) groups is 8. The van der Waals surface area contributed by atoms with Gasteiger partial charge in [-0.3, -0.25) is 38.5 Å². The highest BCUT2D eigenvalue weighted by Crippen LogP contribution is 2.41. The van der Waals surface area contributed by atoms with Gasteiger partial charge in [-0.05, 0) is 47.2 Å². The number of ether oxygens (including phenoxy) is 1. The summed E-state index contributed by atoms with van der Waals surface area (Å²) in [4.78, 5) is 105. The van der Waals surface area contributed by atoms with Crippen molar-refractivity contribution >= 4 is 47.4 Å². The molecule has 18 nitrogen and oxygen atoms in total. The van der Waals surface area contributed by atoms with Crippen molar-refractivity contribution in [1.29, 1.82) is 0 Å². The SMILES string of the molecule is CC(C)(C)C(c1cc(-c2cc(F)ccc2F)cn1Cc1ccccc1)N(CCC(NC(=O)C(CC(N)=O)NC(=O)OCc1ccccc1)C(=O)NCCNC(=O)CN1C(=O)C=CC1=O)C(=O)CO. The predicted molar refractivity (Wildman–Crippen MR) is 242 cm³/mol. The van der Waals surface area contributed by atoms with Gasteiger partial charge in [-0.25, -0.2) is 13.6 Å². The molecule has 68 heavy (non-hydrogen) atoms. The zero-order valence-electron chi connectivity index (χ0n) is 37.7. The van der Waals surface area contributed by atoms with E-state index in [1.54, 1.807) is 47.2 Å². The van der Waals surface area contributed by atoms with E-state index in [0.717, 1.165) is 40.8 Å². The van der Waals surface area contributed by atoms with Crippen molar-refractivity contribution in [1.82, 2.24) is 35.6 Å². The number of nitrogens with one attached hydrogen (secondary N) is 4. The number of carbonyl (C=O) groups excluding carboxylic acids is 8. The maximum absolute atomic E-state index is 15.3. The van der Waals surface area contributed by atoms with Gasteiger partial charge in [0.2, 0.25) is 29.5 Å². The first-order valence-corrected chi connectivity index (χ1v) is 21.6. The second kappa shape index (κ2) is 23.6. The van der Waals surface area contributed by atoms with Gasteiger partial charge in [0.25, 0.3) is 11.8 Å². The van der Waals surface area contributed by atoms with E-state index in [1.807, 2.05) is 51.1 Å². The molecule has 8 amide bonds. The molecule has 1 aliphatic heterocycles. The number of amides is 8. The highest BCUT2D eigenvalue weighted by molar-refractivity contribution is 6.14. The molecule has 1 aromatic heterocycles. The van der Waals surface area contributed by atoms with Gasteiger partial charge < -0.3 is 46.3 Å². The average molecular weight is 941 g/mol. The Hall–Kier alpha value is -7.74. The molecule has 0 aliphatic carbocycles. The van der Waals surface area contributed by atoms with Gasteiger partial charge in [0.1, 0.15) is 43.5 Å². The summed E-state index contributed by atoms with van der Waals surface area (Å²) in [7, 11) is 0. The normalized spacial score (nSPS) is 13.6. The number of aliphatic hydroxyl groups is 1. The molecule has 0 saturated carbocycles. The number of benzene rings is 3. The van der Waals surface area contributed by atoms with Crippen LogP contribution in [0.25, 0.3) is 11.1 Å². The molecule has 2 heterocycles. The number of alkyl carbamates (subject to hydrolysis) is 1. The van der Waals surface area contributed by atoms with E-state index in [4.69, 9.17) is 10.5 Å². The molecular formula is C48H54F2N8O10. The van der Waals surface area contributed by atoms with E-state index >= 15 is 4.39 Å². The van der Waals surface area contributed by atoms with E-state index in [1.165, 1.54) is 4.90 Å². The van der Waals surface area contributed by atoms with Crippen LogP contribution in [-0.2, 0) is 51.5 Å². The van der Waals surface area contributed by atoms with E-state index in [9.17, 15) is 47.9 Å². The van der Waals surface area contributed by atoms with Crippen LogP contribution < -0.4 is 27.0 Å². The lowest BCUT2D eigenvalue weighted by atomic mass is 9.82. The summed E-state index contributed by atoms with van der Waals surface area (Å²) in [5.74, 6) is -7.07. The topological polar surface area (TPSA) is 252 Å². The van der Waals surface area contributed by atoms with Crippen LogP contribution in [0.1, 0.15) is 56.5 Å². The monoisotopic (exact) mass is 940 g/mol. The van der Waals surface area contributed by atoms with Gasteiger partial charge >= 0.3 is 6.09 Å². The van der Waals surface area contributed by atoms with Crippen molar-refractivity contribution in [2.24, 2.45) is 11.1 Å². The van der Waals surface area contributed by atoms with Crippen molar-refractivity contribution in [3.05, 3.63) is 132 Å². The van der Waals surface area contributed by atoms with Crippen LogP contribution in [0, 0.1) is 17.0 Å². The van der Waals surface area contributed by atoms with Crippen LogP contribution in [0.4, 0.5) is 13.6 Å². The molecule has 5 rings (SSSR count). The predicted octanol–water partition coefficient (Wildman–Crippen LogP) is 2.59. The first-order chi connectivity index (χ1) is 32.3. The molecule has 4 aromatic rings. The van der Waals surface area contributed by atoms with E-state index in [0.29, 0.717) is 16.8 Å². The number of nitrogens with zero attached hydrogens (tertiary/aromatic N) is 3. The van der Waals surface area contributed by atoms with Crippen molar-refractivity contribution in [3.8, 4) is 11.1 Å². The zero-order chi connectivity index (χ0) is 49.5. The van der Waals surface area contributed by atoms with Gasteiger partial charge in [0.05, 0.1) is 12.5 Å². The molecule has 7 N–H and O–H groups in total. The minimum atomic E-state index is -1.64. The minimum Gasteiger partial charge on any atom is -0.445 e. The van der Waals surface area contributed by atoms with Crippen molar-refractivity contribution in [2.45, 2.75) is 64.9 Å². The number of nitrogens with two attached hydrogens (primary N) is 1. The first-order valence-electron chi connectivity index (χ1n) is 21.6. The first kappa shape index (κ1) is 51.2. The third-order valence-electron chi connectivity index (χ3n) is 10.7. The van der Waals surface area contributed by atoms with Gasteiger partial charge in [-0.2, -0.15) is 0 Å². The number of rotatable bonds is 22. The van der Waals surface area contributed by atoms with Crippen LogP contribution in [0.5, 0.6) is 0 Å². The van der Waals surface area contributed by atoms with Crippen molar-refractivity contribution < 1.29 is 57.0 Å². The van der Waals surface area contributed by atoms with Crippen LogP contribution in [0.15, 0.2) is 103 Å². The second-order valence-electron chi connectivity index (χ2n) is 16.9. The summed E-state index contributed by atoms with van der Waals surface area (Å²) in [6.45, 7) is 3.19. The number of aromatic nitrogens is 1. The number of halogens is 2. The molecule has 1 aliphatic rings. The van der Waals surface area contributed by atoms with E-state index < -0.39 is 102 Å². The fourth-order valence-electron chi connectivity index (χ4n) is 7.52. The van der Waals surface area contributed by atoms with Crippen molar-refractivity contribution in [3.63, 3.8) is 0 Å². The summed E-state index contributed by atoms with van der Waals surface area (Å²) in [6, 6.07) is 18.4. The van der Waals surface area contributed by atoms with Crippen LogP contribution >= 0.6 is 0 Å². The number of primary amides is 1. The number of imide groups is 1. The van der Waals surface area contributed by atoms with Crippen molar-refractivity contribution in [2.75, 3.05) is 32.8 Å². The fraction of sp³-hybridized carbons (Fsp3) is 0.333. The third kappa shape index (κ3) is 14.4. The van der Waals surface area contributed by atoms with Crippen LogP contribution in [0.3, 0.4) is 0 Å². The summed E-state index contributed by atoms with van der Waals surface area (Å²) < 4.78 is 36.9. The van der Waals surface area contributed by atoms with Gasteiger partial charge in [-0.15, -0.1) is 0 Å². The number of hydrogen-bond donors (Lipinski definition) is 6. The highest BCUT2D eigenvalue weighted by atomic mass is 19.1. The Kier molecular flexibility index (Phi) is 17.8. The van der Waals surface area contributed by atoms with Crippen LogP contribution in [-0.4, -0.2) is 112 Å². The zero-order valence-corrected chi connectivity index (χ0v) is 37.7. The summed E-state index contributed by atoms with van der Waals surface area (Å²) in [5, 5.41) is 20.3. The summed E-state index contributed by atoms with van der Waals surface area (Å²) in [5.41, 5.74) is 6.75. The maximum Gasteiger partial charge on any atom is 0.408 e. The lowest BCUT2D eigenvalue weighted by molar-refractivity contribution is -0.141. The maximum atomic E-state index is 15.3. The average Bonchev–Trinajstić information content (AvgIpc) is 3.85. The molecule has 0 radical (unpaired) electrons. The smallest absolute Gasteiger partial charge is 0.408 e. The minimum absolute atomic E-state index is 0.0421. The van der Waals surface area contributed by atoms with Gasteiger partial charge in [0.15, 0.2) is 0 Å². The summed E-state index contributed by atoms with van der Waals surface area (Å²) in [6.07, 6.45) is 1.54. The quantitative estimate of drug-likeness (QED) is 0.0497. The highest BCUT2D eigenvalue weighted by Gasteiger charge is 2.38. The Morgan fingerprint density at radius 2 is 1.44 bits per heavy atom. The summed E-state index contributed by atoms with van der Waals surface area (Å²) >= 11 is 0. The largest absolute Gasteiger partial charge is 0.445 e. The van der Waals surface area contributed by atoms with Crippen LogP contribution in [0.2, 0.25) is 0 Å². The molecule has 3 atom stereocenters. The Bertz CT molecular complexity index is 2490. The molecule has 20 heteroatoms. The fourth-order valence-corrected chi connectivity index (χ4v) is 7.52. The molecule has 360 valence electrons. The Balaban J connectivity index is 1.44. The molecule has 0 saturated heterocycles. The number of aliphatic hydroxyl groups excluding tert-OH is 1. The Morgan fingerprint density at radius 1 is 0.809 bits per heavy atom. The van der Waals surface area contributed by atoms with Gasteiger partial charge in [0, 0.05) is 61.3 Å².